The fraction of sp³-hybridized carbons (Fsp3) is 0.235. The Morgan fingerprint density at radius 3 is 2.43 bits per heavy atom. The molecule has 1 heterocycles. The summed E-state index contributed by atoms with van der Waals surface area (Å²) in [6, 6.07) is 12.1. The number of hydrogen-bond donors (Lipinski definition) is 1. The molecule has 118 valence electrons. The summed E-state index contributed by atoms with van der Waals surface area (Å²) in [7, 11) is 0. The quantitative estimate of drug-likeness (QED) is 0.453. The molecular formula is C17H18ClN5. The fourth-order valence-electron chi connectivity index (χ4n) is 2.34. The second kappa shape index (κ2) is 6.38. The van der Waals surface area contributed by atoms with E-state index in [9.17, 15) is 0 Å². The zero-order chi connectivity index (χ0) is 16.4. The van der Waals surface area contributed by atoms with Gasteiger partial charge in [-0.3, -0.25) is 0 Å². The van der Waals surface area contributed by atoms with Crippen molar-refractivity contribution in [3.05, 3.63) is 47.5 Å². The molecule has 23 heavy (non-hydrogen) atoms. The van der Waals surface area contributed by atoms with Crippen molar-refractivity contribution < 1.29 is 0 Å². The highest BCUT2D eigenvalue weighted by molar-refractivity contribution is 6.28. The molecule has 0 amide bonds. The van der Waals surface area contributed by atoms with Crippen molar-refractivity contribution >= 4 is 34.2 Å². The Kier molecular flexibility index (Phi) is 4.30. The smallest absolute Gasteiger partial charge is 0.115 e. The molecule has 0 atom stereocenters. The number of alkyl halides is 1. The highest BCUT2D eigenvalue weighted by atomic mass is 35.5. The zero-order valence-corrected chi connectivity index (χ0v) is 13.9. The number of halogens is 1. The minimum atomic E-state index is 0.202. The molecule has 3 rings (SSSR count). The molecule has 0 saturated carbocycles. The Bertz CT molecular complexity index is 865. The van der Waals surface area contributed by atoms with Gasteiger partial charge in [0.25, 0.3) is 0 Å². The molecule has 3 aromatic rings. The molecule has 0 spiro atoms. The van der Waals surface area contributed by atoms with Gasteiger partial charge in [0.1, 0.15) is 16.9 Å². The van der Waals surface area contributed by atoms with Crippen molar-refractivity contribution in [3.8, 4) is 5.69 Å². The molecule has 0 aliphatic rings. The average Bonchev–Trinajstić information content (AvgIpc) is 2.97. The summed E-state index contributed by atoms with van der Waals surface area (Å²) in [5, 5.41) is 9.08. The topological polar surface area (TPSA) is 69.1 Å². The monoisotopic (exact) mass is 327 g/mol. The van der Waals surface area contributed by atoms with E-state index < -0.39 is 0 Å². The number of nitrogens with two attached hydrogens (primary N) is 1. The Hall–Kier alpha value is -2.40. The third-order valence-electron chi connectivity index (χ3n) is 3.67. The summed E-state index contributed by atoms with van der Waals surface area (Å²) in [6.07, 6.45) is 1.01. The average molecular weight is 328 g/mol. The van der Waals surface area contributed by atoms with Crippen LogP contribution in [0.15, 0.2) is 41.4 Å². The number of aryl methyl sites for hydroxylation is 2. The van der Waals surface area contributed by atoms with Gasteiger partial charge in [0.15, 0.2) is 0 Å². The molecule has 1 aromatic heterocycles. The summed E-state index contributed by atoms with van der Waals surface area (Å²) in [4.78, 5) is 5.96. The van der Waals surface area contributed by atoms with Crippen LogP contribution in [0, 0.1) is 6.92 Å². The molecule has 2 N–H and O–H groups in total. The Balaban J connectivity index is 2.04. The van der Waals surface area contributed by atoms with Gasteiger partial charge in [-0.2, -0.15) is 4.80 Å². The van der Waals surface area contributed by atoms with E-state index in [0.29, 0.717) is 5.84 Å². The van der Waals surface area contributed by atoms with Crippen LogP contribution >= 0.6 is 11.6 Å². The highest BCUT2D eigenvalue weighted by Crippen LogP contribution is 2.24. The number of rotatable bonds is 4. The fourth-order valence-corrected chi connectivity index (χ4v) is 2.40. The van der Waals surface area contributed by atoms with E-state index in [1.54, 1.807) is 4.80 Å². The van der Waals surface area contributed by atoms with Crippen LogP contribution < -0.4 is 5.73 Å². The van der Waals surface area contributed by atoms with Gasteiger partial charge in [0.05, 0.1) is 17.3 Å². The number of amidine groups is 1. The molecule has 0 unspecified atom stereocenters. The molecule has 0 aliphatic heterocycles. The molecule has 5 nitrogen and oxygen atoms in total. The lowest BCUT2D eigenvalue weighted by atomic mass is 10.2. The largest absolute Gasteiger partial charge is 0.386 e. The van der Waals surface area contributed by atoms with E-state index >= 15 is 0 Å². The van der Waals surface area contributed by atoms with Gasteiger partial charge >= 0.3 is 0 Å². The van der Waals surface area contributed by atoms with E-state index in [1.165, 1.54) is 5.56 Å². The van der Waals surface area contributed by atoms with Gasteiger partial charge in [-0.25, -0.2) is 4.99 Å². The molecule has 0 bridgehead atoms. The molecule has 0 radical (unpaired) electrons. The number of hydrogen-bond acceptors (Lipinski definition) is 3. The second-order valence-electron chi connectivity index (χ2n) is 5.37. The maximum absolute atomic E-state index is 5.72. The number of aliphatic imine (C=N–C) groups is 1. The summed E-state index contributed by atoms with van der Waals surface area (Å²) >= 11 is 5.69. The lowest BCUT2D eigenvalue weighted by Crippen LogP contribution is -2.12. The van der Waals surface area contributed by atoms with Crippen molar-refractivity contribution in [2.45, 2.75) is 20.3 Å². The number of nitrogens with zero attached hydrogens (tertiary/aromatic N) is 4. The minimum absolute atomic E-state index is 0.202. The van der Waals surface area contributed by atoms with Crippen molar-refractivity contribution in [1.29, 1.82) is 0 Å². The van der Waals surface area contributed by atoms with Gasteiger partial charge in [-0.05, 0) is 48.7 Å². The first-order chi connectivity index (χ1) is 11.1. The van der Waals surface area contributed by atoms with Gasteiger partial charge in [0.2, 0.25) is 0 Å². The number of aromatic nitrogens is 3. The van der Waals surface area contributed by atoms with E-state index in [1.807, 2.05) is 31.2 Å². The molecule has 0 saturated heterocycles. The first-order valence-electron chi connectivity index (χ1n) is 7.46. The van der Waals surface area contributed by atoms with Gasteiger partial charge in [0, 0.05) is 0 Å². The maximum atomic E-state index is 5.72. The van der Waals surface area contributed by atoms with Crippen LogP contribution in [-0.4, -0.2) is 26.7 Å². The number of fused-ring (bicyclic) bond motifs is 1. The molecule has 0 fully saturated rings. The summed E-state index contributed by atoms with van der Waals surface area (Å²) in [5.74, 6) is 0.588. The predicted molar refractivity (Wildman–Crippen MR) is 95.0 cm³/mol. The lowest BCUT2D eigenvalue weighted by Gasteiger charge is -2.00. The van der Waals surface area contributed by atoms with Crippen molar-refractivity contribution in [2.24, 2.45) is 10.7 Å². The lowest BCUT2D eigenvalue weighted by molar-refractivity contribution is 0.765. The van der Waals surface area contributed by atoms with Crippen molar-refractivity contribution in [3.63, 3.8) is 0 Å². The molecule has 6 heteroatoms. The minimum Gasteiger partial charge on any atom is -0.386 e. The zero-order valence-electron chi connectivity index (χ0n) is 13.1. The van der Waals surface area contributed by atoms with E-state index in [0.717, 1.165) is 34.4 Å². The van der Waals surface area contributed by atoms with E-state index in [4.69, 9.17) is 17.3 Å². The van der Waals surface area contributed by atoms with E-state index in [2.05, 4.69) is 34.2 Å². The normalized spacial score (nSPS) is 12.0. The molecular weight excluding hydrogens is 310 g/mol. The third-order valence-corrected chi connectivity index (χ3v) is 3.95. The van der Waals surface area contributed by atoms with Crippen LogP contribution in [0.5, 0.6) is 0 Å². The van der Waals surface area contributed by atoms with Crippen molar-refractivity contribution in [1.82, 2.24) is 15.0 Å². The Labute approximate surface area is 139 Å². The third kappa shape index (κ3) is 3.19. The van der Waals surface area contributed by atoms with E-state index in [-0.39, 0.29) is 5.88 Å². The van der Waals surface area contributed by atoms with Crippen LogP contribution in [0.2, 0.25) is 0 Å². The van der Waals surface area contributed by atoms with Crippen LogP contribution in [-0.2, 0) is 6.42 Å². The van der Waals surface area contributed by atoms with Crippen LogP contribution in [0.1, 0.15) is 18.1 Å². The summed E-state index contributed by atoms with van der Waals surface area (Å²) < 4.78 is 0. The standard InChI is InChI=1S/C17H18ClN5/c1-3-12-4-6-13(7-5-12)23-21-15-8-11(2)14(9-16(15)22-23)20-17(19)10-18/h4-9H,3,10H2,1-2H3,(H2,19,20). The first-order valence-corrected chi connectivity index (χ1v) is 8.00. The van der Waals surface area contributed by atoms with Gasteiger partial charge in [-0.1, -0.05) is 19.1 Å². The summed E-state index contributed by atoms with van der Waals surface area (Å²) in [5.41, 5.74) is 11.3. The molecule has 0 aliphatic carbocycles. The maximum Gasteiger partial charge on any atom is 0.115 e. The number of benzene rings is 2. The Morgan fingerprint density at radius 2 is 1.83 bits per heavy atom. The highest BCUT2D eigenvalue weighted by Gasteiger charge is 2.08. The van der Waals surface area contributed by atoms with Crippen LogP contribution in [0.25, 0.3) is 16.7 Å². The summed E-state index contributed by atoms with van der Waals surface area (Å²) in [6.45, 7) is 4.10. The first kappa shape index (κ1) is 15.5. The van der Waals surface area contributed by atoms with Crippen LogP contribution in [0.3, 0.4) is 0 Å². The molecule has 2 aromatic carbocycles. The second-order valence-corrected chi connectivity index (χ2v) is 5.64. The predicted octanol–water partition coefficient (Wildman–Crippen LogP) is 3.52. The Morgan fingerprint density at radius 1 is 1.17 bits per heavy atom. The van der Waals surface area contributed by atoms with Gasteiger partial charge < -0.3 is 5.73 Å². The van der Waals surface area contributed by atoms with Crippen molar-refractivity contribution in [2.75, 3.05) is 5.88 Å². The SMILES string of the molecule is CCc1ccc(-n2nc3cc(C)c(N=C(N)CCl)cc3n2)cc1. The van der Waals surface area contributed by atoms with Crippen LogP contribution in [0.4, 0.5) is 5.69 Å². The van der Waals surface area contributed by atoms with Gasteiger partial charge in [-0.15, -0.1) is 21.8 Å².